The SMILES string of the molecule is CCOC(=O)CC1OC(c2ccc(Cl)cc2)c2cc(OC)ccc2-c2cn(C)c(=O)cc21.COc1ccc2c(c1)C(c1ccc(Cl)cc1)OC(CCO)c1cc(=O)n(C)cc1-2. The molecule has 0 radical (unpaired) electrons. The highest BCUT2D eigenvalue weighted by Gasteiger charge is 2.34. The van der Waals surface area contributed by atoms with Gasteiger partial charge in [-0.05, 0) is 100.0 Å². The number of ether oxygens (including phenoxy) is 5. The molecule has 8 rings (SSSR count). The average Bonchev–Trinajstić information content (AvgIpc) is 3.46. The molecule has 0 fully saturated rings. The molecule has 0 bridgehead atoms. The Balaban J connectivity index is 0.000000185. The van der Waals surface area contributed by atoms with Crippen molar-refractivity contribution in [3.63, 3.8) is 0 Å². The van der Waals surface area contributed by atoms with Crippen LogP contribution in [0, 0.1) is 0 Å². The number of aromatic nitrogens is 2. The first-order valence-electron chi connectivity index (χ1n) is 19.8. The maximum Gasteiger partial charge on any atom is 0.308 e. The molecule has 2 aliphatic rings. The van der Waals surface area contributed by atoms with Crippen molar-refractivity contribution in [2.24, 2.45) is 14.1 Å². The van der Waals surface area contributed by atoms with Crippen LogP contribution in [-0.4, -0.2) is 47.6 Å². The number of carbonyl (C=O) groups is 1. The monoisotopic (exact) mass is 864 g/mol. The Morgan fingerprint density at radius 1 is 0.639 bits per heavy atom. The van der Waals surface area contributed by atoms with Crippen molar-refractivity contribution in [2.45, 2.75) is 44.2 Å². The lowest BCUT2D eigenvalue weighted by Gasteiger charge is -2.24. The number of nitrogens with zero attached hydrogens (tertiary/aromatic N) is 2. The molecule has 2 aromatic heterocycles. The normalized spacial score (nSPS) is 17.5. The van der Waals surface area contributed by atoms with E-state index in [1.54, 1.807) is 64.2 Å². The zero-order valence-corrected chi connectivity index (χ0v) is 35.9. The topological polar surface area (TPSA) is 127 Å². The lowest BCUT2D eigenvalue weighted by molar-refractivity contribution is -0.147. The van der Waals surface area contributed by atoms with Gasteiger partial charge >= 0.3 is 5.97 Å². The fourth-order valence-corrected chi connectivity index (χ4v) is 8.07. The molecule has 4 heterocycles. The number of halogens is 2. The van der Waals surface area contributed by atoms with Gasteiger partial charge in [0.2, 0.25) is 0 Å². The van der Waals surface area contributed by atoms with E-state index < -0.39 is 24.4 Å². The molecule has 0 saturated carbocycles. The Morgan fingerprint density at radius 3 is 1.51 bits per heavy atom. The minimum atomic E-state index is -0.669. The lowest BCUT2D eigenvalue weighted by atomic mass is 9.91. The van der Waals surface area contributed by atoms with Gasteiger partial charge < -0.3 is 37.9 Å². The van der Waals surface area contributed by atoms with Crippen molar-refractivity contribution < 1.29 is 33.6 Å². The van der Waals surface area contributed by atoms with Crippen LogP contribution in [0.25, 0.3) is 22.3 Å². The van der Waals surface area contributed by atoms with Crippen molar-refractivity contribution in [1.82, 2.24) is 9.13 Å². The van der Waals surface area contributed by atoms with E-state index in [9.17, 15) is 19.5 Å². The molecule has 4 atom stereocenters. The van der Waals surface area contributed by atoms with Gasteiger partial charge in [0.25, 0.3) is 11.1 Å². The van der Waals surface area contributed by atoms with Gasteiger partial charge in [0.1, 0.15) is 23.7 Å². The molecule has 4 unspecified atom stereocenters. The summed E-state index contributed by atoms with van der Waals surface area (Å²) < 4.78 is 32.3. The molecule has 0 amide bonds. The largest absolute Gasteiger partial charge is 0.497 e. The Labute approximate surface area is 363 Å². The van der Waals surface area contributed by atoms with Crippen molar-refractivity contribution in [3.8, 4) is 33.8 Å². The minimum Gasteiger partial charge on any atom is -0.497 e. The van der Waals surface area contributed by atoms with Crippen molar-refractivity contribution in [1.29, 1.82) is 0 Å². The van der Waals surface area contributed by atoms with Crippen LogP contribution in [0.4, 0.5) is 0 Å². The highest BCUT2D eigenvalue weighted by Crippen LogP contribution is 2.47. The van der Waals surface area contributed by atoms with Crippen molar-refractivity contribution >= 4 is 29.2 Å². The summed E-state index contributed by atoms with van der Waals surface area (Å²) in [6, 6.07) is 29.7. The summed E-state index contributed by atoms with van der Waals surface area (Å²) in [6.45, 7) is 1.98. The molecule has 0 saturated heterocycles. The Morgan fingerprint density at radius 2 is 1.08 bits per heavy atom. The van der Waals surface area contributed by atoms with E-state index >= 15 is 0 Å². The van der Waals surface area contributed by atoms with E-state index in [1.165, 1.54) is 10.6 Å². The van der Waals surface area contributed by atoms with Crippen molar-refractivity contribution in [2.75, 3.05) is 27.4 Å². The number of pyridine rings is 2. The minimum absolute atomic E-state index is 0.0107. The van der Waals surface area contributed by atoms with Crippen LogP contribution in [0.5, 0.6) is 11.5 Å². The third-order valence-electron chi connectivity index (χ3n) is 10.9. The molecule has 2 aliphatic heterocycles. The molecule has 4 aromatic carbocycles. The van der Waals surface area contributed by atoms with Crippen LogP contribution < -0.4 is 20.6 Å². The van der Waals surface area contributed by atoms with E-state index in [0.717, 1.165) is 55.8 Å². The summed E-state index contributed by atoms with van der Waals surface area (Å²) in [7, 11) is 6.67. The van der Waals surface area contributed by atoms with Crippen LogP contribution >= 0.6 is 23.2 Å². The summed E-state index contributed by atoms with van der Waals surface area (Å²) in [5, 5.41) is 10.9. The summed E-state index contributed by atoms with van der Waals surface area (Å²) in [6.07, 6.45) is 1.99. The number of esters is 1. The van der Waals surface area contributed by atoms with Crippen LogP contribution in [0.15, 0.2) is 119 Å². The number of hydrogen-bond donors (Lipinski definition) is 1. The number of hydrogen-bond acceptors (Lipinski definition) is 9. The summed E-state index contributed by atoms with van der Waals surface area (Å²) in [5.41, 5.74) is 8.38. The van der Waals surface area contributed by atoms with E-state index in [1.807, 2.05) is 79.0 Å². The van der Waals surface area contributed by atoms with Crippen LogP contribution in [0.2, 0.25) is 10.0 Å². The molecule has 0 spiro atoms. The maximum atomic E-state index is 12.5. The third kappa shape index (κ3) is 9.31. The Bertz CT molecular complexity index is 2660. The summed E-state index contributed by atoms with van der Waals surface area (Å²) in [5.74, 6) is 1.02. The standard InChI is InChI=1S/C25H24ClNO5.C23H22ClNO4/c1-4-31-24(29)13-22-19-12-23(28)27(2)14-21(19)18-10-9-17(30-3)11-20(18)25(32-22)15-5-7-16(26)8-6-15;1-25-13-20-17-8-7-16(28-2)11-19(17)23(14-3-5-15(24)6-4-14)29-21(9-10-26)18(20)12-22(25)27/h5-12,14,22,25H,4,13H2,1-3H3;3-8,11-13,21,23,26H,9-10H2,1-2H3. The number of carbonyl (C=O) groups excluding carboxylic acids is 1. The number of rotatable bonds is 9. The van der Waals surface area contributed by atoms with Gasteiger partial charge in [-0.2, -0.15) is 0 Å². The number of benzene rings is 4. The van der Waals surface area contributed by atoms with E-state index in [4.69, 9.17) is 46.9 Å². The van der Waals surface area contributed by atoms with Gasteiger partial charge in [-0.1, -0.05) is 59.6 Å². The molecule has 6 aromatic rings. The smallest absolute Gasteiger partial charge is 0.308 e. The molecular formula is C48H46Cl2N2O9. The first-order valence-corrected chi connectivity index (χ1v) is 20.5. The first-order chi connectivity index (χ1) is 29.4. The molecule has 13 heteroatoms. The van der Waals surface area contributed by atoms with Gasteiger partial charge in [-0.3, -0.25) is 14.4 Å². The fourth-order valence-electron chi connectivity index (χ4n) is 7.81. The first kappa shape index (κ1) is 43.4. The van der Waals surface area contributed by atoms with Gasteiger partial charge in [0.05, 0.1) is 39.5 Å². The van der Waals surface area contributed by atoms with Gasteiger partial charge in [-0.15, -0.1) is 0 Å². The molecular weight excluding hydrogens is 819 g/mol. The van der Waals surface area contributed by atoms with Crippen molar-refractivity contribution in [3.05, 3.63) is 174 Å². The second-order valence-electron chi connectivity index (χ2n) is 14.7. The molecule has 316 valence electrons. The molecule has 11 nitrogen and oxygen atoms in total. The van der Waals surface area contributed by atoms with E-state index in [-0.39, 0.29) is 36.7 Å². The zero-order chi connectivity index (χ0) is 43.4. The number of fused-ring (bicyclic) bond motifs is 6. The van der Waals surface area contributed by atoms with Gasteiger partial charge in [0.15, 0.2) is 0 Å². The predicted octanol–water partition coefficient (Wildman–Crippen LogP) is 9.09. The highest BCUT2D eigenvalue weighted by molar-refractivity contribution is 6.30. The number of methoxy groups -OCH3 is 2. The number of aliphatic hydroxyl groups is 1. The maximum absolute atomic E-state index is 12.5. The highest BCUT2D eigenvalue weighted by atomic mass is 35.5. The predicted molar refractivity (Wildman–Crippen MR) is 235 cm³/mol. The summed E-state index contributed by atoms with van der Waals surface area (Å²) >= 11 is 12.2. The third-order valence-corrected chi connectivity index (χ3v) is 11.4. The van der Waals surface area contributed by atoms with E-state index in [2.05, 4.69) is 0 Å². The molecule has 1 N–H and O–H groups in total. The molecule has 0 aliphatic carbocycles. The number of aryl methyl sites for hydroxylation is 2. The average molecular weight is 866 g/mol. The molecule has 61 heavy (non-hydrogen) atoms. The van der Waals surface area contributed by atoms with Crippen LogP contribution in [-0.2, 0) is 33.1 Å². The quantitative estimate of drug-likeness (QED) is 0.142. The Kier molecular flexibility index (Phi) is 13.5. The van der Waals surface area contributed by atoms with Gasteiger partial charge in [0, 0.05) is 72.8 Å². The number of aliphatic hydroxyl groups excluding tert-OH is 1. The van der Waals surface area contributed by atoms with Crippen LogP contribution in [0.3, 0.4) is 0 Å². The summed E-state index contributed by atoms with van der Waals surface area (Å²) in [4.78, 5) is 37.3. The zero-order valence-electron chi connectivity index (χ0n) is 34.4. The van der Waals surface area contributed by atoms with E-state index in [0.29, 0.717) is 27.8 Å². The second kappa shape index (κ2) is 18.9. The fraction of sp³-hybridized carbons (Fsp3) is 0.271. The lowest BCUT2D eigenvalue weighted by Crippen LogP contribution is -2.20. The second-order valence-corrected chi connectivity index (χ2v) is 15.6. The Hall–Kier alpha value is -5.69. The van der Waals surface area contributed by atoms with Gasteiger partial charge in [-0.25, -0.2) is 0 Å². The van der Waals surface area contributed by atoms with Crippen LogP contribution in [0.1, 0.15) is 77.6 Å².